The number of hydrogen-bond donors (Lipinski definition) is 1. The molecule has 3 heterocycles. The molecule has 1 fully saturated rings. The highest BCUT2D eigenvalue weighted by atomic mass is 16.5. The van der Waals surface area contributed by atoms with Gasteiger partial charge < -0.3 is 14.4 Å². The van der Waals surface area contributed by atoms with Crippen molar-refractivity contribution in [1.82, 2.24) is 19.4 Å². The highest BCUT2D eigenvalue weighted by Crippen LogP contribution is 2.25. The van der Waals surface area contributed by atoms with Crippen LogP contribution in [0.3, 0.4) is 0 Å². The number of likely N-dealkylation sites (tertiary alicyclic amines) is 1. The van der Waals surface area contributed by atoms with E-state index in [1.54, 1.807) is 0 Å². The molecule has 1 aliphatic rings. The highest BCUT2D eigenvalue weighted by molar-refractivity contribution is 5.81. The van der Waals surface area contributed by atoms with Gasteiger partial charge in [-0.15, -0.1) is 0 Å². The Hall–Kier alpha value is -2.44. The zero-order valence-electron chi connectivity index (χ0n) is 13.6. The van der Waals surface area contributed by atoms with Crippen LogP contribution in [0, 0.1) is 0 Å². The first kappa shape index (κ1) is 15.1. The molecule has 3 aromatic rings. The first-order chi connectivity index (χ1) is 11.7. The molecule has 0 radical (unpaired) electrons. The van der Waals surface area contributed by atoms with Gasteiger partial charge in [-0.3, -0.25) is 4.90 Å². The van der Waals surface area contributed by atoms with E-state index in [0.717, 1.165) is 29.8 Å². The lowest BCUT2D eigenvalue weighted by molar-refractivity contribution is 0.174. The van der Waals surface area contributed by atoms with Crippen molar-refractivity contribution >= 4 is 10.9 Å². The van der Waals surface area contributed by atoms with Gasteiger partial charge in [0.1, 0.15) is 12.1 Å². The van der Waals surface area contributed by atoms with Gasteiger partial charge in [0.15, 0.2) is 0 Å². The number of rotatable bonds is 4. The Labute approximate surface area is 140 Å². The van der Waals surface area contributed by atoms with E-state index in [2.05, 4.69) is 25.5 Å². The Morgan fingerprint density at radius 3 is 3.00 bits per heavy atom. The zero-order valence-corrected chi connectivity index (χ0v) is 13.6. The molecule has 124 valence electrons. The summed E-state index contributed by atoms with van der Waals surface area (Å²) in [4.78, 5) is 10.7. The number of nitrogens with zero attached hydrogens (tertiary/aromatic N) is 4. The standard InChI is InChI=1S/C18H20N4O2/c1-21-6-4-13-8-16(2-3-17(13)21)24-18-9-14(19-12-20-18)10-22-7-5-15(23)11-22/h2-4,6,8-9,12,15,23H,5,7,10-11H2,1H3. The van der Waals surface area contributed by atoms with E-state index in [4.69, 9.17) is 4.74 Å². The minimum atomic E-state index is -0.222. The van der Waals surface area contributed by atoms with Crippen LogP contribution in [0.25, 0.3) is 10.9 Å². The lowest BCUT2D eigenvalue weighted by Crippen LogP contribution is -2.22. The molecule has 4 rings (SSSR count). The maximum absolute atomic E-state index is 9.61. The number of benzene rings is 1. The molecule has 24 heavy (non-hydrogen) atoms. The molecule has 1 saturated heterocycles. The highest BCUT2D eigenvalue weighted by Gasteiger charge is 2.20. The number of aliphatic hydroxyl groups excluding tert-OH is 1. The van der Waals surface area contributed by atoms with Crippen LogP contribution in [0.4, 0.5) is 0 Å². The minimum absolute atomic E-state index is 0.222. The third kappa shape index (κ3) is 3.11. The predicted molar refractivity (Wildman–Crippen MR) is 90.9 cm³/mol. The van der Waals surface area contributed by atoms with E-state index in [1.165, 1.54) is 11.8 Å². The van der Waals surface area contributed by atoms with Crippen LogP contribution in [0.5, 0.6) is 11.6 Å². The molecule has 2 aromatic heterocycles. The molecule has 0 amide bonds. The minimum Gasteiger partial charge on any atom is -0.439 e. The van der Waals surface area contributed by atoms with E-state index in [0.29, 0.717) is 19.0 Å². The number of ether oxygens (including phenoxy) is 1. The largest absolute Gasteiger partial charge is 0.439 e. The van der Waals surface area contributed by atoms with E-state index < -0.39 is 0 Å². The summed E-state index contributed by atoms with van der Waals surface area (Å²) in [5, 5.41) is 10.7. The van der Waals surface area contributed by atoms with Gasteiger partial charge in [0.05, 0.1) is 11.8 Å². The molecule has 0 bridgehead atoms. The van der Waals surface area contributed by atoms with Gasteiger partial charge in [-0.05, 0) is 30.7 Å². The van der Waals surface area contributed by atoms with Crippen molar-refractivity contribution in [1.29, 1.82) is 0 Å². The van der Waals surface area contributed by atoms with Crippen LogP contribution in [0.15, 0.2) is 42.9 Å². The maximum Gasteiger partial charge on any atom is 0.222 e. The summed E-state index contributed by atoms with van der Waals surface area (Å²) in [7, 11) is 2.02. The fourth-order valence-corrected chi connectivity index (χ4v) is 3.15. The van der Waals surface area contributed by atoms with Crippen LogP contribution in [0.1, 0.15) is 12.1 Å². The Morgan fingerprint density at radius 2 is 2.17 bits per heavy atom. The molecule has 1 aromatic carbocycles. The van der Waals surface area contributed by atoms with Crippen molar-refractivity contribution < 1.29 is 9.84 Å². The number of aryl methyl sites for hydroxylation is 1. The van der Waals surface area contributed by atoms with Crippen molar-refractivity contribution in [2.75, 3.05) is 13.1 Å². The third-order valence-electron chi connectivity index (χ3n) is 4.41. The van der Waals surface area contributed by atoms with Gasteiger partial charge in [-0.25, -0.2) is 9.97 Å². The lowest BCUT2D eigenvalue weighted by Gasteiger charge is -2.14. The van der Waals surface area contributed by atoms with Gasteiger partial charge in [-0.2, -0.15) is 0 Å². The topological polar surface area (TPSA) is 63.4 Å². The van der Waals surface area contributed by atoms with Crippen LogP contribution in [-0.4, -0.2) is 43.7 Å². The second kappa shape index (κ2) is 6.22. The van der Waals surface area contributed by atoms with Crippen LogP contribution >= 0.6 is 0 Å². The van der Waals surface area contributed by atoms with Gasteiger partial charge in [-0.1, -0.05) is 0 Å². The van der Waals surface area contributed by atoms with Crippen molar-refractivity contribution in [2.24, 2.45) is 7.05 Å². The molecule has 1 N–H and O–H groups in total. The van der Waals surface area contributed by atoms with E-state index in [1.807, 2.05) is 37.5 Å². The van der Waals surface area contributed by atoms with Gasteiger partial charge in [0.25, 0.3) is 0 Å². The Kier molecular flexibility index (Phi) is 3.92. The second-order valence-corrected chi connectivity index (χ2v) is 6.27. The maximum atomic E-state index is 9.61. The summed E-state index contributed by atoms with van der Waals surface area (Å²) >= 11 is 0. The second-order valence-electron chi connectivity index (χ2n) is 6.27. The smallest absolute Gasteiger partial charge is 0.222 e. The predicted octanol–water partition coefficient (Wildman–Crippen LogP) is 2.33. The van der Waals surface area contributed by atoms with Crippen molar-refractivity contribution in [3.05, 3.63) is 48.5 Å². The van der Waals surface area contributed by atoms with Crippen LogP contribution < -0.4 is 4.74 Å². The van der Waals surface area contributed by atoms with Crippen molar-refractivity contribution in [3.8, 4) is 11.6 Å². The quantitative estimate of drug-likeness (QED) is 0.798. The normalized spacial score (nSPS) is 18.3. The molecule has 1 atom stereocenters. The Morgan fingerprint density at radius 1 is 1.25 bits per heavy atom. The number of hydrogen-bond acceptors (Lipinski definition) is 5. The van der Waals surface area contributed by atoms with E-state index in [9.17, 15) is 5.11 Å². The molecular formula is C18H20N4O2. The van der Waals surface area contributed by atoms with Crippen molar-refractivity contribution in [2.45, 2.75) is 19.1 Å². The zero-order chi connectivity index (χ0) is 16.5. The molecule has 0 spiro atoms. The first-order valence-corrected chi connectivity index (χ1v) is 8.12. The van der Waals surface area contributed by atoms with Gasteiger partial charge >= 0.3 is 0 Å². The monoisotopic (exact) mass is 324 g/mol. The third-order valence-corrected chi connectivity index (χ3v) is 4.41. The van der Waals surface area contributed by atoms with Crippen LogP contribution in [-0.2, 0) is 13.6 Å². The molecular weight excluding hydrogens is 304 g/mol. The molecule has 1 unspecified atom stereocenters. The van der Waals surface area contributed by atoms with Crippen molar-refractivity contribution in [3.63, 3.8) is 0 Å². The average Bonchev–Trinajstić information content (AvgIpc) is 3.14. The molecule has 0 aliphatic carbocycles. The van der Waals surface area contributed by atoms with Gasteiger partial charge in [0, 0.05) is 49.8 Å². The number of β-amino-alcohol motifs (C(OH)–C–C–N with tert-alkyl or cyclic N) is 1. The summed E-state index contributed by atoms with van der Waals surface area (Å²) in [6, 6.07) is 9.92. The fraction of sp³-hybridized carbons (Fsp3) is 0.333. The SMILES string of the molecule is Cn1ccc2cc(Oc3cc(CN4CCC(O)C4)ncn3)ccc21. The summed E-state index contributed by atoms with van der Waals surface area (Å²) in [5.74, 6) is 1.30. The molecule has 0 saturated carbocycles. The number of fused-ring (bicyclic) bond motifs is 1. The fourth-order valence-electron chi connectivity index (χ4n) is 3.15. The number of aromatic nitrogens is 3. The summed E-state index contributed by atoms with van der Waals surface area (Å²) in [6.07, 6.45) is 4.16. The molecule has 6 heteroatoms. The first-order valence-electron chi connectivity index (χ1n) is 8.12. The Bertz CT molecular complexity index is 861. The Balaban J connectivity index is 1.50. The molecule has 6 nitrogen and oxygen atoms in total. The number of aliphatic hydroxyl groups is 1. The molecule has 1 aliphatic heterocycles. The average molecular weight is 324 g/mol. The van der Waals surface area contributed by atoms with E-state index >= 15 is 0 Å². The van der Waals surface area contributed by atoms with Crippen LogP contribution in [0.2, 0.25) is 0 Å². The lowest BCUT2D eigenvalue weighted by atomic mass is 10.2. The summed E-state index contributed by atoms with van der Waals surface area (Å²) in [6.45, 7) is 2.30. The summed E-state index contributed by atoms with van der Waals surface area (Å²) in [5.41, 5.74) is 2.06. The van der Waals surface area contributed by atoms with Gasteiger partial charge in [0.2, 0.25) is 5.88 Å². The van der Waals surface area contributed by atoms with E-state index in [-0.39, 0.29) is 6.10 Å². The summed E-state index contributed by atoms with van der Waals surface area (Å²) < 4.78 is 7.97.